The lowest BCUT2D eigenvalue weighted by Gasteiger charge is -2.30. The van der Waals surface area contributed by atoms with E-state index in [1.807, 2.05) is 6.92 Å². The zero-order valence-corrected chi connectivity index (χ0v) is 11.2. The molecule has 17 heavy (non-hydrogen) atoms. The second kappa shape index (κ2) is 5.79. The number of rotatable bonds is 4. The van der Waals surface area contributed by atoms with E-state index in [4.69, 9.17) is 4.74 Å². The summed E-state index contributed by atoms with van der Waals surface area (Å²) < 4.78 is 27.5. The fraction of sp³-hybridized carbons (Fsp3) is 0.900. The maximum absolute atomic E-state index is 11.9. The van der Waals surface area contributed by atoms with Crippen LogP contribution in [0, 0.1) is 0 Å². The molecule has 0 saturated carbocycles. The highest BCUT2D eigenvalue weighted by atomic mass is 32.2. The molecule has 7 heteroatoms. The van der Waals surface area contributed by atoms with Crippen molar-refractivity contribution < 1.29 is 17.9 Å². The third kappa shape index (κ3) is 5.01. The molecule has 1 aliphatic heterocycles. The lowest BCUT2D eigenvalue weighted by atomic mass is 10.1. The van der Waals surface area contributed by atoms with Crippen LogP contribution in [0.5, 0.6) is 0 Å². The summed E-state index contributed by atoms with van der Waals surface area (Å²) in [5.74, 6) is -0.269. The van der Waals surface area contributed by atoms with Gasteiger partial charge in [-0.3, -0.25) is 4.79 Å². The van der Waals surface area contributed by atoms with Crippen LogP contribution >= 0.6 is 0 Å². The highest BCUT2D eigenvalue weighted by molar-refractivity contribution is 7.90. The quantitative estimate of drug-likeness (QED) is 0.674. The van der Waals surface area contributed by atoms with E-state index in [9.17, 15) is 13.2 Å². The molecule has 1 heterocycles. The number of sulfone groups is 1. The molecule has 1 amide bonds. The fourth-order valence-electron chi connectivity index (χ4n) is 1.86. The minimum Gasteiger partial charge on any atom is -0.375 e. The number of morpholine rings is 1. The average Bonchev–Trinajstić information content (AvgIpc) is 2.14. The molecule has 0 aromatic rings. The van der Waals surface area contributed by atoms with Gasteiger partial charge in [0.05, 0.1) is 18.5 Å². The molecule has 1 aliphatic rings. The molecule has 1 unspecified atom stereocenters. The Morgan fingerprint density at radius 2 is 2.24 bits per heavy atom. The lowest BCUT2D eigenvalue weighted by Crippen LogP contribution is -2.57. The third-order valence-electron chi connectivity index (χ3n) is 2.54. The molecule has 6 nitrogen and oxygen atoms in total. The molecule has 1 fully saturated rings. The average molecular weight is 264 g/mol. The van der Waals surface area contributed by atoms with Crippen molar-refractivity contribution in [2.24, 2.45) is 0 Å². The monoisotopic (exact) mass is 264 g/mol. The highest BCUT2D eigenvalue weighted by Gasteiger charge is 2.29. The predicted octanol–water partition coefficient (Wildman–Crippen LogP) is -1.09. The van der Waals surface area contributed by atoms with Gasteiger partial charge in [0, 0.05) is 18.8 Å². The summed E-state index contributed by atoms with van der Waals surface area (Å²) in [6.45, 7) is 4.71. The summed E-state index contributed by atoms with van der Waals surface area (Å²) in [6, 6.07) is -0.806. The topological polar surface area (TPSA) is 84.5 Å². The van der Waals surface area contributed by atoms with Crippen LogP contribution in [0.25, 0.3) is 0 Å². The first-order valence-corrected chi connectivity index (χ1v) is 7.69. The lowest BCUT2D eigenvalue weighted by molar-refractivity contribution is -0.129. The van der Waals surface area contributed by atoms with Gasteiger partial charge in [-0.2, -0.15) is 0 Å². The summed E-state index contributed by atoms with van der Waals surface area (Å²) >= 11 is 0. The van der Waals surface area contributed by atoms with Gasteiger partial charge < -0.3 is 15.4 Å². The summed E-state index contributed by atoms with van der Waals surface area (Å²) in [6.07, 6.45) is 0.953. The van der Waals surface area contributed by atoms with Crippen molar-refractivity contribution in [2.75, 3.05) is 25.2 Å². The molecular formula is C10H20N2O4S. The van der Waals surface area contributed by atoms with Gasteiger partial charge in [0.15, 0.2) is 0 Å². The molecule has 2 N–H and O–H groups in total. The Morgan fingerprint density at radius 1 is 1.59 bits per heavy atom. The Morgan fingerprint density at radius 3 is 2.76 bits per heavy atom. The zero-order chi connectivity index (χ0) is 13.1. The van der Waals surface area contributed by atoms with Gasteiger partial charge in [0.1, 0.15) is 15.9 Å². The first kappa shape index (κ1) is 14.4. The number of amides is 1. The Kier molecular flexibility index (Phi) is 4.91. The molecule has 0 aromatic carbocycles. The van der Waals surface area contributed by atoms with Gasteiger partial charge in [0.25, 0.3) is 0 Å². The zero-order valence-electron chi connectivity index (χ0n) is 10.4. The van der Waals surface area contributed by atoms with Crippen molar-refractivity contribution in [3.63, 3.8) is 0 Å². The van der Waals surface area contributed by atoms with Crippen molar-refractivity contribution in [1.29, 1.82) is 0 Å². The molecule has 0 aliphatic carbocycles. The molecule has 100 valence electrons. The van der Waals surface area contributed by atoms with Gasteiger partial charge in [-0.05, 0) is 13.8 Å². The number of hydrogen-bond acceptors (Lipinski definition) is 5. The largest absolute Gasteiger partial charge is 0.375 e. The molecule has 0 bridgehead atoms. The van der Waals surface area contributed by atoms with Gasteiger partial charge >= 0.3 is 0 Å². The second-order valence-electron chi connectivity index (χ2n) is 4.51. The van der Waals surface area contributed by atoms with E-state index >= 15 is 0 Å². The number of carbonyl (C=O) groups is 1. The van der Waals surface area contributed by atoms with Gasteiger partial charge in [-0.25, -0.2) is 8.42 Å². The van der Waals surface area contributed by atoms with E-state index in [-0.39, 0.29) is 17.8 Å². The first-order chi connectivity index (χ1) is 7.79. The van der Waals surface area contributed by atoms with E-state index in [2.05, 4.69) is 10.6 Å². The SMILES string of the molecule is CC(CS(C)(=O)=O)NC(=O)[C@H]1NCCO[C@@H]1C. The second-order valence-corrected chi connectivity index (χ2v) is 6.69. The van der Waals surface area contributed by atoms with Crippen LogP contribution in [0.4, 0.5) is 0 Å². The molecule has 0 aromatic heterocycles. The maximum Gasteiger partial charge on any atom is 0.240 e. The van der Waals surface area contributed by atoms with Crippen molar-refractivity contribution in [1.82, 2.24) is 10.6 Å². The predicted molar refractivity (Wildman–Crippen MR) is 64.5 cm³/mol. The van der Waals surface area contributed by atoms with Crippen LogP contribution in [0.2, 0.25) is 0 Å². The molecular weight excluding hydrogens is 244 g/mol. The van der Waals surface area contributed by atoms with Crippen LogP contribution in [0.15, 0.2) is 0 Å². The standard InChI is InChI=1S/C10H20N2O4S/c1-7(6-17(3,14)15)12-10(13)9-8(2)16-5-4-11-9/h7-9,11H,4-6H2,1-3H3,(H,12,13)/t7?,8-,9+/m1/s1. The van der Waals surface area contributed by atoms with Crippen LogP contribution in [0.1, 0.15) is 13.8 Å². The molecule has 0 spiro atoms. The minimum absolute atomic E-state index is 0.0549. The van der Waals surface area contributed by atoms with Gasteiger partial charge in [0.2, 0.25) is 5.91 Å². The van der Waals surface area contributed by atoms with E-state index in [0.717, 1.165) is 6.26 Å². The van der Waals surface area contributed by atoms with E-state index in [0.29, 0.717) is 13.2 Å². The van der Waals surface area contributed by atoms with Gasteiger partial charge in [-0.15, -0.1) is 0 Å². The van der Waals surface area contributed by atoms with Crippen LogP contribution in [0.3, 0.4) is 0 Å². The smallest absolute Gasteiger partial charge is 0.240 e. The molecule has 1 rings (SSSR count). The van der Waals surface area contributed by atoms with Gasteiger partial charge in [-0.1, -0.05) is 0 Å². The summed E-state index contributed by atoms with van der Waals surface area (Å²) in [5, 5.41) is 5.73. The Balaban J connectivity index is 2.48. The van der Waals surface area contributed by atoms with Crippen molar-refractivity contribution in [3.8, 4) is 0 Å². The number of carbonyl (C=O) groups excluding carboxylic acids is 1. The van der Waals surface area contributed by atoms with Crippen LogP contribution < -0.4 is 10.6 Å². The summed E-state index contributed by atoms with van der Waals surface area (Å²) in [4.78, 5) is 11.9. The first-order valence-electron chi connectivity index (χ1n) is 5.62. The number of ether oxygens (including phenoxy) is 1. The molecule has 1 saturated heterocycles. The minimum atomic E-state index is -3.08. The van der Waals surface area contributed by atoms with Crippen molar-refractivity contribution >= 4 is 15.7 Å². The normalized spacial score (nSPS) is 27.5. The van der Waals surface area contributed by atoms with E-state index < -0.39 is 21.9 Å². The van der Waals surface area contributed by atoms with E-state index in [1.165, 1.54) is 0 Å². The van der Waals surface area contributed by atoms with Crippen molar-refractivity contribution in [2.45, 2.75) is 32.0 Å². The van der Waals surface area contributed by atoms with E-state index in [1.54, 1.807) is 6.92 Å². The fourth-order valence-corrected chi connectivity index (χ4v) is 2.85. The number of nitrogens with one attached hydrogen (secondary N) is 2. The molecule has 0 radical (unpaired) electrons. The molecule has 3 atom stereocenters. The van der Waals surface area contributed by atoms with Crippen molar-refractivity contribution in [3.05, 3.63) is 0 Å². The third-order valence-corrected chi connectivity index (χ3v) is 3.65. The number of hydrogen-bond donors (Lipinski definition) is 2. The Labute approximate surface area is 102 Å². The maximum atomic E-state index is 11.9. The Hall–Kier alpha value is -0.660. The summed E-state index contributed by atoms with van der Waals surface area (Å²) in [5.41, 5.74) is 0. The Bertz CT molecular complexity index is 369. The summed E-state index contributed by atoms with van der Waals surface area (Å²) in [7, 11) is -3.08. The van der Waals surface area contributed by atoms with Crippen LogP contribution in [-0.2, 0) is 19.4 Å². The van der Waals surface area contributed by atoms with Crippen LogP contribution in [-0.4, -0.2) is 57.7 Å². The highest BCUT2D eigenvalue weighted by Crippen LogP contribution is 2.04.